The van der Waals surface area contributed by atoms with Gasteiger partial charge in [-0.05, 0) is 48.2 Å². The second-order valence-corrected chi connectivity index (χ2v) is 9.43. The maximum absolute atomic E-state index is 14.0. The van der Waals surface area contributed by atoms with Crippen LogP contribution in [-0.2, 0) is 22.1 Å². The van der Waals surface area contributed by atoms with Crippen molar-refractivity contribution in [1.82, 2.24) is 10.6 Å². The monoisotopic (exact) mass is 421 g/mol. The number of guanidine groups is 1. The zero-order chi connectivity index (χ0) is 21.0. The van der Waals surface area contributed by atoms with Gasteiger partial charge >= 0.3 is 0 Å². The Morgan fingerprint density at radius 1 is 1.17 bits per heavy atom. The minimum absolute atomic E-state index is 0.0627. The highest BCUT2D eigenvalue weighted by Crippen LogP contribution is 2.41. The minimum atomic E-state index is -3.25. The third-order valence-electron chi connectivity index (χ3n) is 4.75. The first-order chi connectivity index (χ1) is 13.8. The highest BCUT2D eigenvalue weighted by atomic mass is 32.2. The molecule has 0 aromatic heterocycles. The molecule has 0 radical (unpaired) electrons. The molecule has 2 N–H and O–H groups in total. The van der Waals surface area contributed by atoms with E-state index in [0.717, 1.165) is 12.7 Å². The summed E-state index contributed by atoms with van der Waals surface area (Å²) in [4.78, 5) is 4.49. The van der Waals surface area contributed by atoms with Gasteiger partial charge < -0.3 is 10.6 Å². The first-order valence-corrected chi connectivity index (χ1v) is 11.6. The average molecular weight is 422 g/mol. The lowest BCUT2D eigenvalue weighted by Gasteiger charge is -2.13. The summed E-state index contributed by atoms with van der Waals surface area (Å²) >= 11 is 0. The Balaban J connectivity index is 1.72. The average Bonchev–Trinajstić information content (AvgIpc) is 3.40. The molecule has 156 valence electrons. The van der Waals surface area contributed by atoms with Gasteiger partial charge in [0, 0.05) is 24.8 Å². The summed E-state index contributed by atoms with van der Waals surface area (Å²) < 4.78 is 50.9. The topological polar surface area (TPSA) is 70.6 Å². The van der Waals surface area contributed by atoms with E-state index < -0.39 is 15.7 Å². The number of nitrogens with zero attached hydrogens (tertiary/aromatic N) is 1. The van der Waals surface area contributed by atoms with Crippen LogP contribution in [0.25, 0.3) is 0 Å². The fraction of sp³-hybridized carbons (Fsp3) is 0.381. The van der Waals surface area contributed by atoms with E-state index in [4.69, 9.17) is 0 Å². The molecule has 2 aromatic carbocycles. The van der Waals surface area contributed by atoms with Gasteiger partial charge in [-0.3, -0.25) is 0 Å². The van der Waals surface area contributed by atoms with Gasteiger partial charge in [0.05, 0.1) is 12.3 Å². The molecular weight excluding hydrogens is 396 g/mol. The van der Waals surface area contributed by atoms with Crippen LogP contribution in [0, 0.1) is 11.6 Å². The van der Waals surface area contributed by atoms with Crippen LogP contribution < -0.4 is 10.6 Å². The molecule has 2 unspecified atom stereocenters. The van der Waals surface area contributed by atoms with Crippen molar-refractivity contribution >= 4 is 15.8 Å². The van der Waals surface area contributed by atoms with Crippen molar-refractivity contribution in [2.45, 2.75) is 37.6 Å². The fourth-order valence-corrected chi connectivity index (χ4v) is 4.15. The number of rotatable bonds is 7. The Labute approximate surface area is 170 Å². The van der Waals surface area contributed by atoms with Crippen LogP contribution in [0.2, 0.25) is 0 Å². The molecule has 0 spiro atoms. The summed E-state index contributed by atoms with van der Waals surface area (Å²) in [5, 5.41) is 6.41. The summed E-state index contributed by atoms with van der Waals surface area (Å²) in [6.07, 6.45) is 1.94. The van der Waals surface area contributed by atoms with E-state index in [2.05, 4.69) is 15.6 Å². The van der Waals surface area contributed by atoms with Crippen LogP contribution in [-0.4, -0.2) is 33.2 Å². The van der Waals surface area contributed by atoms with E-state index in [9.17, 15) is 17.2 Å². The van der Waals surface area contributed by atoms with Crippen molar-refractivity contribution < 1.29 is 17.2 Å². The van der Waals surface area contributed by atoms with Crippen molar-refractivity contribution in [3.05, 3.63) is 70.8 Å². The molecule has 2 atom stereocenters. The molecule has 0 saturated heterocycles. The van der Waals surface area contributed by atoms with Gasteiger partial charge in [-0.15, -0.1) is 0 Å². The van der Waals surface area contributed by atoms with Gasteiger partial charge in [-0.2, -0.15) is 0 Å². The van der Waals surface area contributed by atoms with Crippen molar-refractivity contribution in [3.63, 3.8) is 0 Å². The standard InChI is InChI=1S/C21H25F2N3O2S/c1-3-24-21(26-20-11-18(20)17-6-4-5-7-19(17)23)25-12-15-10-16(22)9-8-14(15)13-29(2,27)28/h4-10,18,20H,3,11-13H2,1-2H3,(H2,24,25,26). The highest BCUT2D eigenvalue weighted by molar-refractivity contribution is 7.89. The molecule has 1 aliphatic carbocycles. The van der Waals surface area contributed by atoms with Gasteiger partial charge in [0.2, 0.25) is 0 Å². The predicted octanol–water partition coefficient (Wildman–Crippen LogP) is 3.12. The lowest BCUT2D eigenvalue weighted by molar-refractivity contribution is 0.600. The number of benzene rings is 2. The number of hydrogen-bond acceptors (Lipinski definition) is 3. The van der Waals surface area contributed by atoms with Gasteiger partial charge in [-0.25, -0.2) is 22.2 Å². The third kappa shape index (κ3) is 6.00. The Hall–Kier alpha value is -2.48. The van der Waals surface area contributed by atoms with Gasteiger partial charge in [-0.1, -0.05) is 24.3 Å². The highest BCUT2D eigenvalue weighted by Gasteiger charge is 2.40. The lowest BCUT2D eigenvalue weighted by atomic mass is 10.1. The lowest BCUT2D eigenvalue weighted by Crippen LogP contribution is -2.39. The molecular formula is C21H25F2N3O2S. The minimum Gasteiger partial charge on any atom is -0.357 e. The van der Waals surface area contributed by atoms with Crippen molar-refractivity contribution in [2.24, 2.45) is 4.99 Å². The van der Waals surface area contributed by atoms with E-state index in [1.54, 1.807) is 12.1 Å². The predicted molar refractivity (Wildman–Crippen MR) is 110 cm³/mol. The molecule has 29 heavy (non-hydrogen) atoms. The van der Waals surface area contributed by atoms with Crippen molar-refractivity contribution in [3.8, 4) is 0 Å². The summed E-state index contributed by atoms with van der Waals surface area (Å²) in [6.45, 7) is 2.69. The molecule has 8 heteroatoms. The van der Waals surface area contributed by atoms with E-state index in [0.29, 0.717) is 29.2 Å². The molecule has 2 aromatic rings. The second-order valence-electron chi connectivity index (χ2n) is 7.29. The molecule has 0 heterocycles. The van der Waals surface area contributed by atoms with E-state index >= 15 is 0 Å². The maximum Gasteiger partial charge on any atom is 0.191 e. The van der Waals surface area contributed by atoms with Crippen LogP contribution >= 0.6 is 0 Å². The van der Waals surface area contributed by atoms with Gasteiger partial charge in [0.1, 0.15) is 11.6 Å². The Morgan fingerprint density at radius 3 is 2.62 bits per heavy atom. The zero-order valence-electron chi connectivity index (χ0n) is 16.5. The van der Waals surface area contributed by atoms with Gasteiger partial charge in [0.15, 0.2) is 15.8 Å². The molecule has 0 bridgehead atoms. The molecule has 1 fully saturated rings. The van der Waals surface area contributed by atoms with Crippen LogP contribution in [0.3, 0.4) is 0 Å². The van der Waals surface area contributed by atoms with Crippen molar-refractivity contribution in [1.29, 1.82) is 0 Å². The van der Waals surface area contributed by atoms with Gasteiger partial charge in [0.25, 0.3) is 0 Å². The molecule has 0 aliphatic heterocycles. The SMILES string of the molecule is CCNC(=NCc1cc(F)ccc1CS(C)(=O)=O)NC1CC1c1ccccc1F. The van der Waals surface area contributed by atoms with Crippen LogP contribution in [0.1, 0.15) is 36.0 Å². The van der Waals surface area contributed by atoms with E-state index in [1.807, 2.05) is 13.0 Å². The molecule has 0 amide bonds. The summed E-state index contributed by atoms with van der Waals surface area (Å²) in [5.41, 5.74) is 1.74. The van der Waals surface area contributed by atoms with Crippen LogP contribution in [0.5, 0.6) is 0 Å². The first-order valence-electron chi connectivity index (χ1n) is 9.51. The summed E-state index contributed by atoms with van der Waals surface area (Å²) in [6, 6.07) is 10.8. The number of nitrogens with one attached hydrogen (secondary N) is 2. The zero-order valence-corrected chi connectivity index (χ0v) is 17.3. The van der Waals surface area contributed by atoms with Crippen LogP contribution in [0.4, 0.5) is 8.78 Å². The number of hydrogen-bond donors (Lipinski definition) is 2. The van der Waals surface area contributed by atoms with Crippen molar-refractivity contribution in [2.75, 3.05) is 12.8 Å². The Morgan fingerprint density at radius 2 is 1.93 bits per heavy atom. The number of halogens is 2. The summed E-state index contributed by atoms with van der Waals surface area (Å²) in [7, 11) is -3.25. The summed E-state index contributed by atoms with van der Waals surface area (Å²) in [5.74, 6) is -0.206. The third-order valence-corrected chi connectivity index (χ3v) is 5.59. The second kappa shape index (κ2) is 8.90. The van der Waals surface area contributed by atoms with Crippen LogP contribution in [0.15, 0.2) is 47.5 Å². The Kier molecular flexibility index (Phi) is 6.52. The molecule has 3 rings (SSSR count). The fourth-order valence-electron chi connectivity index (χ4n) is 3.30. The number of sulfone groups is 1. The largest absolute Gasteiger partial charge is 0.357 e. The first kappa shape index (κ1) is 21.2. The molecule has 5 nitrogen and oxygen atoms in total. The quantitative estimate of drug-likeness (QED) is 0.532. The normalized spacial score (nSPS) is 19.1. The maximum atomic E-state index is 14.0. The van der Waals surface area contributed by atoms with E-state index in [1.165, 1.54) is 24.3 Å². The van der Waals surface area contributed by atoms with E-state index in [-0.39, 0.29) is 30.1 Å². The molecule has 1 aliphatic rings. The Bertz CT molecular complexity index is 1010. The number of aliphatic imine (C=N–C) groups is 1. The smallest absolute Gasteiger partial charge is 0.191 e. The molecule has 1 saturated carbocycles.